The second-order valence-electron chi connectivity index (χ2n) is 6.57. The smallest absolute Gasteiger partial charge is 0.311 e. The van der Waals surface area contributed by atoms with E-state index in [1.54, 1.807) is 11.4 Å². The van der Waals surface area contributed by atoms with Crippen molar-refractivity contribution in [2.45, 2.75) is 39.7 Å². The summed E-state index contributed by atoms with van der Waals surface area (Å²) in [5.41, 5.74) is 3.32. The van der Waals surface area contributed by atoms with Crippen LogP contribution in [0.3, 0.4) is 0 Å². The molecule has 0 unspecified atom stereocenters. The van der Waals surface area contributed by atoms with Gasteiger partial charge in [0.15, 0.2) is 6.10 Å². The van der Waals surface area contributed by atoms with Crippen LogP contribution in [0.15, 0.2) is 36.7 Å². The molecule has 2 heterocycles. The quantitative estimate of drug-likeness (QED) is 0.624. The normalized spacial score (nSPS) is 12.0. The number of aromatic nitrogens is 4. The van der Waals surface area contributed by atoms with Crippen molar-refractivity contribution in [1.29, 1.82) is 0 Å². The van der Waals surface area contributed by atoms with Gasteiger partial charge in [0, 0.05) is 23.5 Å². The zero-order valence-electron chi connectivity index (χ0n) is 16.2. The molecule has 1 amide bonds. The van der Waals surface area contributed by atoms with Crippen LogP contribution in [0.5, 0.6) is 0 Å². The van der Waals surface area contributed by atoms with E-state index in [1.165, 1.54) is 6.33 Å². The van der Waals surface area contributed by atoms with Gasteiger partial charge in [-0.25, -0.2) is 9.50 Å². The summed E-state index contributed by atoms with van der Waals surface area (Å²) in [5, 5.41) is 6.89. The van der Waals surface area contributed by atoms with E-state index in [-0.39, 0.29) is 12.3 Å². The third-order valence-corrected chi connectivity index (χ3v) is 4.54. The standard InChI is InChI=1S/C20H23N5O3/c1-13-17(14(2)25-20(24-13)22-12-23-25)11-18(26)28-15(3)19(27)21-10-9-16-7-5-4-6-8-16/h4-8,12,15H,9-11H2,1-3H3,(H,21,27)/t15-/m0/s1. The molecule has 0 aliphatic heterocycles. The maximum atomic E-state index is 12.3. The number of rotatable bonds is 7. The van der Waals surface area contributed by atoms with E-state index in [1.807, 2.05) is 44.2 Å². The molecule has 146 valence electrons. The minimum atomic E-state index is -0.869. The summed E-state index contributed by atoms with van der Waals surface area (Å²) in [6.07, 6.45) is 1.28. The Morgan fingerprint density at radius 1 is 1.21 bits per heavy atom. The van der Waals surface area contributed by atoms with Crippen LogP contribution >= 0.6 is 0 Å². The van der Waals surface area contributed by atoms with Gasteiger partial charge in [-0.3, -0.25) is 9.59 Å². The molecular formula is C20H23N5O3. The molecule has 0 aliphatic rings. The second-order valence-corrected chi connectivity index (χ2v) is 6.57. The highest BCUT2D eigenvalue weighted by molar-refractivity contribution is 5.84. The molecule has 2 aromatic heterocycles. The third-order valence-electron chi connectivity index (χ3n) is 4.54. The molecule has 0 spiro atoms. The number of hydrogen-bond donors (Lipinski definition) is 1. The fraction of sp³-hybridized carbons (Fsp3) is 0.350. The summed E-state index contributed by atoms with van der Waals surface area (Å²) in [6.45, 7) is 5.70. The molecule has 1 aromatic carbocycles. The van der Waals surface area contributed by atoms with E-state index in [4.69, 9.17) is 4.74 Å². The SMILES string of the molecule is Cc1nc2ncnn2c(C)c1CC(=O)O[C@@H](C)C(=O)NCCc1ccccc1. The molecule has 0 aliphatic carbocycles. The summed E-state index contributed by atoms with van der Waals surface area (Å²) < 4.78 is 6.88. The van der Waals surface area contributed by atoms with Gasteiger partial charge >= 0.3 is 5.97 Å². The van der Waals surface area contributed by atoms with Gasteiger partial charge < -0.3 is 10.1 Å². The van der Waals surface area contributed by atoms with Gasteiger partial charge in [-0.2, -0.15) is 10.1 Å². The van der Waals surface area contributed by atoms with Crippen LogP contribution < -0.4 is 5.32 Å². The van der Waals surface area contributed by atoms with Gasteiger partial charge in [-0.15, -0.1) is 0 Å². The molecule has 3 rings (SSSR count). The van der Waals surface area contributed by atoms with Gasteiger partial charge in [0.2, 0.25) is 0 Å². The van der Waals surface area contributed by atoms with Gasteiger partial charge in [-0.05, 0) is 32.8 Å². The number of carbonyl (C=O) groups excluding carboxylic acids is 2. The van der Waals surface area contributed by atoms with E-state index < -0.39 is 12.1 Å². The van der Waals surface area contributed by atoms with Crippen molar-refractivity contribution < 1.29 is 14.3 Å². The van der Waals surface area contributed by atoms with E-state index in [9.17, 15) is 9.59 Å². The summed E-state index contributed by atoms with van der Waals surface area (Å²) in [4.78, 5) is 32.9. The summed E-state index contributed by atoms with van der Waals surface area (Å²) in [7, 11) is 0. The first-order valence-electron chi connectivity index (χ1n) is 9.12. The van der Waals surface area contributed by atoms with Gasteiger partial charge in [-0.1, -0.05) is 30.3 Å². The van der Waals surface area contributed by atoms with Crippen molar-refractivity contribution in [3.05, 3.63) is 59.2 Å². The second kappa shape index (κ2) is 8.60. The number of amides is 1. The molecule has 1 atom stereocenters. The van der Waals surface area contributed by atoms with Gasteiger partial charge in [0.05, 0.1) is 6.42 Å². The van der Waals surface area contributed by atoms with E-state index in [0.717, 1.165) is 23.2 Å². The van der Waals surface area contributed by atoms with E-state index >= 15 is 0 Å². The highest BCUT2D eigenvalue weighted by atomic mass is 16.5. The van der Waals surface area contributed by atoms with Crippen molar-refractivity contribution in [1.82, 2.24) is 24.9 Å². The summed E-state index contributed by atoms with van der Waals surface area (Å²) >= 11 is 0. The molecule has 0 radical (unpaired) electrons. The molecule has 0 bridgehead atoms. The van der Waals surface area contributed by atoms with Crippen LogP contribution in [-0.2, 0) is 27.2 Å². The first kappa shape index (κ1) is 19.5. The molecule has 0 fully saturated rings. The van der Waals surface area contributed by atoms with Crippen LogP contribution in [0, 0.1) is 13.8 Å². The monoisotopic (exact) mass is 381 g/mol. The Kier molecular flexibility index (Phi) is 5.98. The topological polar surface area (TPSA) is 98.5 Å². The van der Waals surface area contributed by atoms with Crippen molar-refractivity contribution in [3.63, 3.8) is 0 Å². The number of nitrogens with zero attached hydrogens (tertiary/aromatic N) is 4. The lowest BCUT2D eigenvalue weighted by molar-refractivity contribution is -0.154. The lowest BCUT2D eigenvalue weighted by Crippen LogP contribution is -2.37. The number of nitrogens with one attached hydrogen (secondary N) is 1. The van der Waals surface area contributed by atoms with Crippen molar-refractivity contribution >= 4 is 17.7 Å². The van der Waals surface area contributed by atoms with Crippen LogP contribution in [0.2, 0.25) is 0 Å². The number of hydrogen-bond acceptors (Lipinski definition) is 6. The molecule has 8 nitrogen and oxygen atoms in total. The Labute approximate surface area is 163 Å². The van der Waals surface area contributed by atoms with Crippen molar-refractivity contribution in [2.24, 2.45) is 0 Å². The third kappa shape index (κ3) is 4.51. The average Bonchev–Trinajstić information content (AvgIpc) is 3.14. The maximum absolute atomic E-state index is 12.3. The summed E-state index contributed by atoms with van der Waals surface area (Å²) in [5.74, 6) is -0.320. The maximum Gasteiger partial charge on any atom is 0.311 e. The van der Waals surface area contributed by atoms with Crippen LogP contribution in [0.25, 0.3) is 5.78 Å². The van der Waals surface area contributed by atoms with Gasteiger partial charge in [0.25, 0.3) is 11.7 Å². The minimum absolute atomic E-state index is 0.0160. The zero-order valence-corrected chi connectivity index (χ0v) is 16.2. The van der Waals surface area contributed by atoms with Crippen molar-refractivity contribution in [2.75, 3.05) is 6.54 Å². The molecule has 8 heteroatoms. The fourth-order valence-electron chi connectivity index (χ4n) is 2.97. The highest BCUT2D eigenvalue weighted by Gasteiger charge is 2.20. The predicted molar refractivity (Wildman–Crippen MR) is 103 cm³/mol. The number of ether oxygens (including phenoxy) is 1. The molecule has 28 heavy (non-hydrogen) atoms. The average molecular weight is 381 g/mol. The fourth-order valence-corrected chi connectivity index (χ4v) is 2.97. The molecule has 3 aromatic rings. The number of aryl methyl sites for hydroxylation is 2. The van der Waals surface area contributed by atoms with Crippen LogP contribution in [-0.4, -0.2) is 44.1 Å². The molecule has 1 N–H and O–H groups in total. The Bertz CT molecular complexity index is 984. The molecule has 0 saturated carbocycles. The van der Waals surface area contributed by atoms with Crippen LogP contribution in [0.1, 0.15) is 29.4 Å². The van der Waals surface area contributed by atoms with Crippen LogP contribution in [0.4, 0.5) is 0 Å². The molecular weight excluding hydrogens is 358 g/mol. The van der Waals surface area contributed by atoms with E-state index in [0.29, 0.717) is 18.0 Å². The number of carbonyl (C=O) groups is 2. The Morgan fingerprint density at radius 2 is 1.96 bits per heavy atom. The van der Waals surface area contributed by atoms with Crippen molar-refractivity contribution in [3.8, 4) is 0 Å². The Morgan fingerprint density at radius 3 is 2.71 bits per heavy atom. The highest BCUT2D eigenvalue weighted by Crippen LogP contribution is 2.14. The lowest BCUT2D eigenvalue weighted by Gasteiger charge is -2.15. The largest absolute Gasteiger partial charge is 0.452 e. The minimum Gasteiger partial charge on any atom is -0.452 e. The number of esters is 1. The first-order chi connectivity index (χ1) is 13.5. The lowest BCUT2D eigenvalue weighted by atomic mass is 10.1. The number of fused-ring (bicyclic) bond motifs is 1. The zero-order chi connectivity index (χ0) is 20.1. The predicted octanol–water partition coefficient (Wildman–Crippen LogP) is 1.57. The van der Waals surface area contributed by atoms with Gasteiger partial charge in [0.1, 0.15) is 6.33 Å². The first-order valence-corrected chi connectivity index (χ1v) is 9.12. The summed E-state index contributed by atoms with van der Waals surface area (Å²) in [6, 6.07) is 9.86. The van der Waals surface area contributed by atoms with E-state index in [2.05, 4.69) is 20.4 Å². The number of benzene rings is 1. The Hall–Kier alpha value is -3.29. The molecule has 0 saturated heterocycles. The Balaban J connectivity index is 1.53.